The average molecular weight is 276 g/mol. The van der Waals surface area contributed by atoms with Crippen molar-refractivity contribution in [2.45, 2.75) is 18.9 Å². The van der Waals surface area contributed by atoms with Crippen LogP contribution in [-0.2, 0) is 0 Å². The molecule has 1 atom stereocenters. The van der Waals surface area contributed by atoms with Crippen molar-refractivity contribution in [3.05, 3.63) is 73.0 Å². The number of hydrogen-bond donors (Lipinski definition) is 1. The third-order valence-electron chi connectivity index (χ3n) is 3.72. The third-order valence-corrected chi connectivity index (χ3v) is 3.72. The molecular weight excluding hydrogens is 256 g/mol. The molecule has 0 radical (unpaired) electrons. The maximum atomic E-state index is 6.29. The van der Waals surface area contributed by atoms with Crippen molar-refractivity contribution in [3.8, 4) is 0 Å². The van der Waals surface area contributed by atoms with Gasteiger partial charge in [0.2, 0.25) is 0 Å². The van der Waals surface area contributed by atoms with Gasteiger partial charge in [-0.15, -0.1) is 0 Å². The molecule has 3 rings (SSSR count). The smallest absolute Gasteiger partial charge is 0.0534 e. The summed E-state index contributed by atoms with van der Waals surface area (Å²) in [5.41, 5.74) is 9.44. The Morgan fingerprint density at radius 3 is 2.90 bits per heavy atom. The molecule has 0 amide bonds. The van der Waals surface area contributed by atoms with E-state index < -0.39 is 0 Å². The van der Waals surface area contributed by atoms with Crippen LogP contribution in [0.2, 0.25) is 0 Å². The van der Waals surface area contributed by atoms with Gasteiger partial charge in [0.05, 0.1) is 5.52 Å². The molecule has 0 spiro atoms. The van der Waals surface area contributed by atoms with Crippen molar-refractivity contribution in [3.63, 3.8) is 0 Å². The summed E-state index contributed by atoms with van der Waals surface area (Å²) < 4.78 is 2.25. The Morgan fingerprint density at radius 2 is 2.14 bits per heavy atom. The van der Waals surface area contributed by atoms with Gasteiger partial charge in [0.25, 0.3) is 0 Å². The van der Waals surface area contributed by atoms with Crippen LogP contribution < -0.4 is 5.73 Å². The summed E-state index contributed by atoms with van der Waals surface area (Å²) in [7, 11) is 0. The quantitative estimate of drug-likeness (QED) is 0.830. The molecule has 2 nitrogen and oxygen atoms in total. The first-order valence-electron chi connectivity index (χ1n) is 7.19. The van der Waals surface area contributed by atoms with Crippen molar-refractivity contribution in [1.29, 1.82) is 0 Å². The molecule has 0 fully saturated rings. The Morgan fingerprint density at radius 1 is 1.33 bits per heavy atom. The van der Waals surface area contributed by atoms with E-state index in [4.69, 9.17) is 5.73 Å². The van der Waals surface area contributed by atoms with E-state index >= 15 is 0 Å². The fourth-order valence-electron chi connectivity index (χ4n) is 2.77. The fourth-order valence-corrected chi connectivity index (χ4v) is 2.77. The fraction of sp³-hybridized carbons (Fsp3) is 0.158. The van der Waals surface area contributed by atoms with E-state index in [0.29, 0.717) is 0 Å². The predicted molar refractivity (Wildman–Crippen MR) is 91.8 cm³/mol. The van der Waals surface area contributed by atoms with Crippen LogP contribution in [0.15, 0.2) is 67.3 Å². The molecule has 0 bridgehead atoms. The second kappa shape index (κ2) is 5.23. The molecule has 0 aliphatic heterocycles. The summed E-state index contributed by atoms with van der Waals surface area (Å²) in [6, 6.07) is 10.6. The topological polar surface area (TPSA) is 30.9 Å². The van der Waals surface area contributed by atoms with Gasteiger partial charge in [0, 0.05) is 22.3 Å². The van der Waals surface area contributed by atoms with Crippen LogP contribution in [0.5, 0.6) is 0 Å². The molecule has 106 valence electrons. The highest BCUT2D eigenvalue weighted by atomic mass is 15.0. The van der Waals surface area contributed by atoms with Crippen molar-refractivity contribution >= 4 is 22.7 Å². The molecule has 1 aliphatic rings. The van der Waals surface area contributed by atoms with Crippen LogP contribution in [0.25, 0.3) is 22.7 Å². The van der Waals surface area contributed by atoms with Crippen molar-refractivity contribution in [1.82, 2.24) is 4.57 Å². The lowest BCUT2D eigenvalue weighted by Gasteiger charge is -2.24. The van der Waals surface area contributed by atoms with Gasteiger partial charge in [-0.2, -0.15) is 0 Å². The second-order valence-electron chi connectivity index (χ2n) is 5.74. The van der Waals surface area contributed by atoms with Gasteiger partial charge in [-0.25, -0.2) is 0 Å². The van der Waals surface area contributed by atoms with Gasteiger partial charge >= 0.3 is 0 Å². The van der Waals surface area contributed by atoms with Gasteiger partial charge in [-0.3, -0.25) is 0 Å². The summed E-state index contributed by atoms with van der Waals surface area (Å²) in [5, 5.41) is 1.22. The van der Waals surface area contributed by atoms with Crippen molar-refractivity contribution < 1.29 is 0 Å². The first-order valence-corrected chi connectivity index (χ1v) is 7.19. The lowest BCUT2D eigenvalue weighted by Crippen LogP contribution is -2.34. The number of nitrogens with zero attached hydrogens (tertiary/aromatic N) is 1. The molecule has 1 aromatic heterocycles. The number of aromatic nitrogens is 1. The number of rotatable bonds is 3. The van der Waals surface area contributed by atoms with Crippen LogP contribution in [0.1, 0.15) is 19.0 Å². The van der Waals surface area contributed by atoms with Crippen LogP contribution in [0.4, 0.5) is 0 Å². The standard InChI is InChI=1S/C19H20N2/c1-3-4-9-16-13-15-8-5-6-11-18(15)21(16)17-10-7-12-19(2,20)14-17/h3-11,13-14H,1,12,20H2,2H3/b9-4-/t19-/m0/s1. The maximum absolute atomic E-state index is 6.29. The number of nitrogens with two attached hydrogens (primary N) is 1. The Bertz CT molecular complexity index is 770. The third kappa shape index (κ3) is 2.63. The average Bonchev–Trinajstić information content (AvgIpc) is 2.82. The molecular formula is C19H20N2. The van der Waals surface area contributed by atoms with Gasteiger partial charge in [0.1, 0.15) is 0 Å². The minimum atomic E-state index is -0.297. The summed E-state index contributed by atoms with van der Waals surface area (Å²) in [6.07, 6.45) is 13.1. The van der Waals surface area contributed by atoms with E-state index in [9.17, 15) is 0 Å². The second-order valence-corrected chi connectivity index (χ2v) is 5.74. The van der Waals surface area contributed by atoms with Crippen LogP contribution in [-0.4, -0.2) is 10.1 Å². The van der Waals surface area contributed by atoms with Gasteiger partial charge < -0.3 is 10.3 Å². The Kier molecular flexibility index (Phi) is 3.40. The number of allylic oxidation sites excluding steroid dienone is 4. The van der Waals surface area contributed by atoms with Crippen molar-refractivity contribution in [2.75, 3.05) is 0 Å². The largest absolute Gasteiger partial charge is 0.322 e. The molecule has 2 aromatic rings. The first-order chi connectivity index (χ1) is 10.1. The summed E-state index contributed by atoms with van der Waals surface area (Å²) in [4.78, 5) is 0. The highest BCUT2D eigenvalue weighted by Gasteiger charge is 2.19. The van der Waals surface area contributed by atoms with Crippen molar-refractivity contribution in [2.24, 2.45) is 5.73 Å². The zero-order valence-corrected chi connectivity index (χ0v) is 12.3. The number of fused-ring (bicyclic) bond motifs is 1. The van der Waals surface area contributed by atoms with Crippen LogP contribution in [0, 0.1) is 0 Å². The van der Waals surface area contributed by atoms with E-state index in [2.05, 4.69) is 72.7 Å². The monoisotopic (exact) mass is 276 g/mol. The molecule has 0 unspecified atom stereocenters. The number of hydrogen-bond acceptors (Lipinski definition) is 1. The molecule has 1 aliphatic carbocycles. The lowest BCUT2D eigenvalue weighted by molar-refractivity contribution is 0.589. The van der Waals surface area contributed by atoms with E-state index in [1.165, 1.54) is 10.9 Å². The predicted octanol–water partition coefficient (Wildman–Crippen LogP) is 4.36. The Hall–Kier alpha value is -2.32. The zero-order chi connectivity index (χ0) is 14.9. The lowest BCUT2D eigenvalue weighted by atomic mass is 9.93. The first kappa shape index (κ1) is 13.7. The molecule has 1 aromatic carbocycles. The highest BCUT2D eigenvalue weighted by Crippen LogP contribution is 2.29. The maximum Gasteiger partial charge on any atom is 0.0534 e. The molecule has 0 saturated carbocycles. The minimum absolute atomic E-state index is 0.297. The molecule has 2 heteroatoms. The zero-order valence-electron chi connectivity index (χ0n) is 12.3. The van der Waals surface area contributed by atoms with E-state index in [-0.39, 0.29) is 5.54 Å². The van der Waals surface area contributed by atoms with E-state index in [1.54, 1.807) is 6.08 Å². The summed E-state index contributed by atoms with van der Waals surface area (Å²) >= 11 is 0. The summed E-state index contributed by atoms with van der Waals surface area (Å²) in [5.74, 6) is 0. The number of para-hydroxylation sites is 1. The highest BCUT2D eigenvalue weighted by molar-refractivity contribution is 5.89. The van der Waals surface area contributed by atoms with E-state index in [0.717, 1.165) is 17.8 Å². The van der Waals surface area contributed by atoms with Crippen LogP contribution in [0.3, 0.4) is 0 Å². The SMILES string of the molecule is C=C/C=C\c1cc2ccccc2n1C1=C[C@@](C)(N)CC=C1. The Labute approximate surface area is 125 Å². The van der Waals surface area contributed by atoms with Gasteiger partial charge in [-0.1, -0.05) is 43.0 Å². The summed E-state index contributed by atoms with van der Waals surface area (Å²) in [6.45, 7) is 5.81. The number of benzene rings is 1. The molecule has 21 heavy (non-hydrogen) atoms. The molecule has 2 N–H and O–H groups in total. The van der Waals surface area contributed by atoms with Gasteiger partial charge in [-0.05, 0) is 43.7 Å². The Balaban J connectivity index is 2.24. The van der Waals surface area contributed by atoms with Crippen LogP contribution >= 0.6 is 0 Å². The molecule has 1 heterocycles. The molecule has 0 saturated heterocycles. The van der Waals surface area contributed by atoms with E-state index in [1.807, 2.05) is 6.08 Å². The minimum Gasteiger partial charge on any atom is -0.322 e. The van der Waals surface area contributed by atoms with Gasteiger partial charge in [0.15, 0.2) is 0 Å². The normalized spacial score (nSPS) is 21.9.